The third-order valence-corrected chi connectivity index (χ3v) is 4.29. The Labute approximate surface area is 128 Å². The molecule has 1 fully saturated rings. The molecule has 0 aromatic heterocycles. The number of hydrogen-bond donors (Lipinski definition) is 1. The summed E-state index contributed by atoms with van der Waals surface area (Å²) in [6.07, 6.45) is -2.75. The standard InChI is InChI=1S/C13H14BrF3N2O2/c14-11-7-10(4-5-12(11)19(20)21)18-9-3-1-2-8(6-9)13(15,16)17/h4-5,7-9,18H,1-3,6H2. The van der Waals surface area contributed by atoms with Gasteiger partial charge >= 0.3 is 6.18 Å². The summed E-state index contributed by atoms with van der Waals surface area (Å²) in [5, 5.41) is 13.7. The van der Waals surface area contributed by atoms with Crippen LogP contribution in [0.15, 0.2) is 22.7 Å². The van der Waals surface area contributed by atoms with Crippen LogP contribution < -0.4 is 5.32 Å². The summed E-state index contributed by atoms with van der Waals surface area (Å²) in [5.74, 6) is -1.27. The SMILES string of the molecule is O=[N+]([O-])c1ccc(NC2CCCC(C(F)(F)F)C2)cc1Br. The van der Waals surface area contributed by atoms with E-state index >= 15 is 0 Å². The van der Waals surface area contributed by atoms with Gasteiger partial charge in [0.2, 0.25) is 0 Å². The van der Waals surface area contributed by atoms with E-state index in [1.807, 2.05) is 0 Å². The van der Waals surface area contributed by atoms with Crippen LogP contribution in [0.3, 0.4) is 0 Å². The van der Waals surface area contributed by atoms with Gasteiger partial charge in [0.25, 0.3) is 5.69 Å². The van der Waals surface area contributed by atoms with Gasteiger partial charge in [-0.2, -0.15) is 13.2 Å². The van der Waals surface area contributed by atoms with E-state index in [0.29, 0.717) is 23.0 Å². The lowest BCUT2D eigenvalue weighted by Gasteiger charge is -2.31. The second-order valence-electron chi connectivity index (χ2n) is 5.17. The molecule has 2 unspecified atom stereocenters. The Morgan fingerprint density at radius 1 is 1.33 bits per heavy atom. The number of rotatable bonds is 3. The summed E-state index contributed by atoms with van der Waals surface area (Å²) >= 11 is 3.09. The molecule has 2 rings (SSSR count). The monoisotopic (exact) mass is 366 g/mol. The number of benzene rings is 1. The lowest BCUT2D eigenvalue weighted by molar-refractivity contribution is -0.385. The van der Waals surface area contributed by atoms with Crippen LogP contribution in [0, 0.1) is 16.0 Å². The lowest BCUT2D eigenvalue weighted by Crippen LogP contribution is -2.34. The van der Waals surface area contributed by atoms with Gasteiger partial charge in [-0.3, -0.25) is 10.1 Å². The molecule has 0 radical (unpaired) electrons. The highest BCUT2D eigenvalue weighted by atomic mass is 79.9. The molecule has 0 aliphatic heterocycles. The number of nitrogens with zero attached hydrogens (tertiary/aromatic N) is 1. The van der Waals surface area contributed by atoms with Gasteiger partial charge in [-0.25, -0.2) is 0 Å². The molecule has 0 spiro atoms. The molecule has 1 aromatic carbocycles. The van der Waals surface area contributed by atoms with Crippen molar-refractivity contribution in [2.45, 2.75) is 37.9 Å². The van der Waals surface area contributed by atoms with Crippen molar-refractivity contribution in [3.63, 3.8) is 0 Å². The van der Waals surface area contributed by atoms with Gasteiger partial charge in [-0.05, 0) is 47.3 Å². The van der Waals surface area contributed by atoms with Gasteiger partial charge in [0.15, 0.2) is 0 Å². The van der Waals surface area contributed by atoms with Gasteiger partial charge in [0.1, 0.15) is 0 Å². The van der Waals surface area contributed by atoms with Gasteiger partial charge in [0.05, 0.1) is 15.3 Å². The van der Waals surface area contributed by atoms with Crippen molar-refractivity contribution in [2.75, 3.05) is 5.32 Å². The molecule has 1 aliphatic rings. The first kappa shape index (κ1) is 16.1. The molecule has 116 valence electrons. The number of halogens is 4. The molecule has 1 saturated carbocycles. The van der Waals surface area contributed by atoms with Crippen molar-refractivity contribution in [3.05, 3.63) is 32.8 Å². The first-order valence-electron chi connectivity index (χ1n) is 6.54. The summed E-state index contributed by atoms with van der Waals surface area (Å²) in [6, 6.07) is 4.10. The van der Waals surface area contributed by atoms with E-state index in [1.165, 1.54) is 18.2 Å². The fraction of sp³-hybridized carbons (Fsp3) is 0.538. The minimum Gasteiger partial charge on any atom is -0.382 e. The van der Waals surface area contributed by atoms with Gasteiger partial charge < -0.3 is 5.32 Å². The number of nitro groups is 1. The van der Waals surface area contributed by atoms with E-state index in [9.17, 15) is 23.3 Å². The highest BCUT2D eigenvalue weighted by Crippen LogP contribution is 2.38. The molecule has 21 heavy (non-hydrogen) atoms. The molecule has 0 amide bonds. The highest BCUT2D eigenvalue weighted by molar-refractivity contribution is 9.10. The van der Waals surface area contributed by atoms with E-state index in [1.54, 1.807) is 0 Å². The average Bonchev–Trinajstić information content (AvgIpc) is 2.37. The Balaban J connectivity index is 2.05. The van der Waals surface area contributed by atoms with Crippen molar-refractivity contribution in [3.8, 4) is 0 Å². The zero-order valence-corrected chi connectivity index (χ0v) is 12.6. The summed E-state index contributed by atoms with van der Waals surface area (Å²) in [7, 11) is 0. The number of hydrogen-bond acceptors (Lipinski definition) is 3. The van der Waals surface area contributed by atoms with Crippen LogP contribution in [0.25, 0.3) is 0 Å². The predicted octanol–water partition coefficient (Wildman–Crippen LogP) is 4.89. The minimum atomic E-state index is -4.16. The fourth-order valence-corrected chi connectivity index (χ4v) is 3.12. The molecule has 0 saturated heterocycles. The topological polar surface area (TPSA) is 55.2 Å². The largest absolute Gasteiger partial charge is 0.391 e. The molecular weight excluding hydrogens is 353 g/mol. The molecule has 1 N–H and O–H groups in total. The second kappa shape index (κ2) is 6.21. The zero-order chi connectivity index (χ0) is 15.6. The Bertz CT molecular complexity index is 537. The quantitative estimate of drug-likeness (QED) is 0.611. The predicted molar refractivity (Wildman–Crippen MR) is 76.2 cm³/mol. The van der Waals surface area contributed by atoms with Crippen LogP contribution in [0.2, 0.25) is 0 Å². The van der Waals surface area contributed by atoms with E-state index in [4.69, 9.17) is 0 Å². The van der Waals surface area contributed by atoms with E-state index in [0.717, 1.165) is 0 Å². The Hall–Kier alpha value is -1.31. The minimum absolute atomic E-state index is 0.0398. The van der Waals surface area contributed by atoms with Crippen molar-refractivity contribution < 1.29 is 18.1 Å². The number of anilines is 1. The molecule has 4 nitrogen and oxygen atoms in total. The second-order valence-corrected chi connectivity index (χ2v) is 6.02. The van der Waals surface area contributed by atoms with Gasteiger partial charge in [-0.15, -0.1) is 0 Å². The normalized spacial score (nSPS) is 22.9. The molecule has 2 atom stereocenters. The maximum absolute atomic E-state index is 12.7. The van der Waals surface area contributed by atoms with Crippen LogP contribution in [0.4, 0.5) is 24.5 Å². The van der Waals surface area contributed by atoms with Gasteiger partial charge in [0, 0.05) is 17.8 Å². The molecule has 1 aliphatic carbocycles. The average molecular weight is 367 g/mol. The third-order valence-electron chi connectivity index (χ3n) is 3.65. The molecule has 0 heterocycles. The van der Waals surface area contributed by atoms with E-state index in [2.05, 4.69) is 21.2 Å². The van der Waals surface area contributed by atoms with Crippen LogP contribution in [-0.4, -0.2) is 17.1 Å². The third kappa shape index (κ3) is 4.09. The number of nitrogens with one attached hydrogen (secondary N) is 1. The van der Waals surface area contributed by atoms with Gasteiger partial charge in [-0.1, -0.05) is 6.42 Å². The molecule has 1 aromatic rings. The summed E-state index contributed by atoms with van der Waals surface area (Å²) in [6.45, 7) is 0. The highest BCUT2D eigenvalue weighted by Gasteiger charge is 2.42. The Morgan fingerprint density at radius 2 is 2.05 bits per heavy atom. The number of nitro benzene ring substituents is 1. The summed E-state index contributed by atoms with van der Waals surface area (Å²) < 4.78 is 38.6. The van der Waals surface area contributed by atoms with Crippen molar-refractivity contribution >= 4 is 27.3 Å². The van der Waals surface area contributed by atoms with Crippen LogP contribution in [-0.2, 0) is 0 Å². The van der Waals surface area contributed by atoms with Crippen LogP contribution in [0.5, 0.6) is 0 Å². The van der Waals surface area contributed by atoms with Crippen LogP contribution >= 0.6 is 15.9 Å². The Kier molecular flexibility index (Phi) is 4.75. The first-order valence-corrected chi connectivity index (χ1v) is 7.34. The van der Waals surface area contributed by atoms with Crippen molar-refractivity contribution in [1.29, 1.82) is 0 Å². The molecular formula is C13H14BrF3N2O2. The zero-order valence-electron chi connectivity index (χ0n) is 11.0. The lowest BCUT2D eigenvalue weighted by atomic mass is 9.85. The summed E-state index contributed by atoms with van der Waals surface area (Å²) in [5.41, 5.74) is 0.512. The van der Waals surface area contributed by atoms with Crippen molar-refractivity contribution in [2.24, 2.45) is 5.92 Å². The maximum atomic E-state index is 12.7. The van der Waals surface area contributed by atoms with Crippen LogP contribution in [0.1, 0.15) is 25.7 Å². The van der Waals surface area contributed by atoms with Crippen molar-refractivity contribution in [1.82, 2.24) is 0 Å². The smallest absolute Gasteiger partial charge is 0.382 e. The van der Waals surface area contributed by atoms with E-state index < -0.39 is 17.0 Å². The number of alkyl halides is 3. The summed E-state index contributed by atoms with van der Waals surface area (Å²) in [4.78, 5) is 10.2. The maximum Gasteiger partial charge on any atom is 0.391 e. The molecule has 0 bridgehead atoms. The first-order chi connectivity index (χ1) is 9.77. The van der Waals surface area contributed by atoms with E-state index in [-0.39, 0.29) is 24.6 Å². The molecule has 8 heteroatoms. The Morgan fingerprint density at radius 3 is 2.62 bits per heavy atom. The fourth-order valence-electron chi connectivity index (χ4n) is 2.60.